The van der Waals surface area contributed by atoms with Gasteiger partial charge in [0.1, 0.15) is 5.82 Å². The molecule has 134 valence electrons. The van der Waals surface area contributed by atoms with Gasteiger partial charge < -0.3 is 5.32 Å². The lowest BCUT2D eigenvalue weighted by Crippen LogP contribution is -2.14. The second kappa shape index (κ2) is 6.96. The highest BCUT2D eigenvalue weighted by Gasteiger charge is 2.13. The molecule has 0 saturated carbocycles. The van der Waals surface area contributed by atoms with E-state index < -0.39 is 21.7 Å². The molecule has 1 amide bonds. The highest BCUT2D eigenvalue weighted by Crippen LogP contribution is 2.19. The van der Waals surface area contributed by atoms with E-state index in [-0.39, 0.29) is 11.3 Å². The predicted molar refractivity (Wildman–Crippen MR) is 96.4 cm³/mol. The Labute approximate surface area is 149 Å². The second-order valence-corrected chi connectivity index (χ2v) is 7.28. The average molecular weight is 374 g/mol. The number of para-hydroxylation sites is 1. The van der Waals surface area contributed by atoms with Crippen molar-refractivity contribution in [2.45, 2.75) is 0 Å². The lowest BCUT2D eigenvalue weighted by Gasteiger charge is -2.08. The van der Waals surface area contributed by atoms with Crippen LogP contribution in [0.15, 0.2) is 60.9 Å². The lowest BCUT2D eigenvalue weighted by molar-refractivity contribution is 0.102. The fourth-order valence-electron chi connectivity index (χ4n) is 2.26. The number of halogens is 1. The summed E-state index contributed by atoms with van der Waals surface area (Å²) in [6.07, 6.45) is 4.01. The summed E-state index contributed by atoms with van der Waals surface area (Å²) in [5.74, 6) is -1.29. The molecule has 2 aromatic carbocycles. The second-order valence-electron chi connectivity index (χ2n) is 5.53. The number of carbonyl (C=O) groups excluding carboxylic acids is 1. The third kappa shape index (κ3) is 4.25. The Morgan fingerprint density at radius 1 is 1.15 bits per heavy atom. The molecule has 2 N–H and O–H groups in total. The van der Waals surface area contributed by atoms with Gasteiger partial charge in [0.25, 0.3) is 5.91 Å². The lowest BCUT2D eigenvalue weighted by atomic mass is 10.2. The number of carbonyl (C=O) groups is 1. The molecule has 9 heteroatoms. The Bertz CT molecular complexity index is 1050. The molecule has 1 aromatic heterocycles. The first-order chi connectivity index (χ1) is 12.3. The van der Waals surface area contributed by atoms with Crippen LogP contribution in [-0.4, -0.2) is 30.4 Å². The molecule has 0 bridgehead atoms. The van der Waals surface area contributed by atoms with Crippen molar-refractivity contribution in [3.63, 3.8) is 0 Å². The number of sulfonamides is 1. The zero-order valence-electron chi connectivity index (χ0n) is 13.7. The van der Waals surface area contributed by atoms with Crippen LogP contribution in [-0.2, 0) is 10.0 Å². The molecule has 3 aromatic rings. The van der Waals surface area contributed by atoms with Crippen LogP contribution in [0.1, 0.15) is 10.4 Å². The van der Waals surface area contributed by atoms with Crippen molar-refractivity contribution in [1.29, 1.82) is 0 Å². The number of rotatable bonds is 5. The molecule has 0 fully saturated rings. The summed E-state index contributed by atoms with van der Waals surface area (Å²) < 4.78 is 39.9. The maximum atomic E-state index is 13.7. The van der Waals surface area contributed by atoms with Crippen LogP contribution in [0.5, 0.6) is 0 Å². The van der Waals surface area contributed by atoms with Crippen LogP contribution in [0, 0.1) is 5.82 Å². The molecule has 0 spiro atoms. The topological polar surface area (TPSA) is 93.1 Å². The summed E-state index contributed by atoms with van der Waals surface area (Å²) in [5.41, 5.74) is 1.08. The Balaban J connectivity index is 1.78. The summed E-state index contributed by atoms with van der Waals surface area (Å²) in [6, 6.07) is 12.8. The molecule has 0 unspecified atom stereocenters. The van der Waals surface area contributed by atoms with Crippen molar-refractivity contribution >= 4 is 27.3 Å². The molecule has 0 saturated heterocycles. The number of hydrogen-bond donors (Lipinski definition) is 2. The zero-order valence-corrected chi connectivity index (χ0v) is 14.5. The highest BCUT2D eigenvalue weighted by atomic mass is 32.2. The normalized spacial score (nSPS) is 11.2. The number of aromatic nitrogens is 2. The number of nitrogens with one attached hydrogen (secondary N) is 2. The van der Waals surface area contributed by atoms with E-state index in [0.29, 0.717) is 5.69 Å². The first-order valence-corrected chi connectivity index (χ1v) is 9.40. The van der Waals surface area contributed by atoms with E-state index in [2.05, 4.69) is 10.4 Å². The monoisotopic (exact) mass is 374 g/mol. The van der Waals surface area contributed by atoms with Crippen molar-refractivity contribution < 1.29 is 17.6 Å². The van der Waals surface area contributed by atoms with Crippen molar-refractivity contribution in [2.24, 2.45) is 0 Å². The van der Waals surface area contributed by atoms with Crippen molar-refractivity contribution in [3.05, 3.63) is 72.3 Å². The van der Waals surface area contributed by atoms with Gasteiger partial charge >= 0.3 is 0 Å². The van der Waals surface area contributed by atoms with Crippen molar-refractivity contribution in [1.82, 2.24) is 9.78 Å². The molecule has 0 aliphatic carbocycles. The molecule has 0 aliphatic rings. The summed E-state index contributed by atoms with van der Waals surface area (Å²) >= 11 is 0. The molecule has 0 aliphatic heterocycles. The molecule has 3 rings (SSSR count). The SMILES string of the molecule is CS(=O)(=O)Nc1cc(C(=O)Nc2cnn(-c3ccccc3)c2)ccc1F. The van der Waals surface area contributed by atoms with Crippen LogP contribution in [0.4, 0.5) is 15.8 Å². The summed E-state index contributed by atoms with van der Waals surface area (Å²) in [4.78, 5) is 12.3. The fourth-order valence-corrected chi connectivity index (χ4v) is 2.81. The van der Waals surface area contributed by atoms with Gasteiger partial charge in [0, 0.05) is 5.56 Å². The number of nitrogens with zero attached hydrogens (tertiary/aromatic N) is 2. The third-order valence-corrected chi connectivity index (χ3v) is 3.98. The van der Waals surface area contributed by atoms with Gasteiger partial charge in [-0.3, -0.25) is 9.52 Å². The minimum absolute atomic E-state index is 0.102. The minimum atomic E-state index is -3.66. The molecular weight excluding hydrogens is 359 g/mol. The predicted octanol–water partition coefficient (Wildman–Crippen LogP) is 2.64. The summed E-state index contributed by atoms with van der Waals surface area (Å²) in [5, 5.41) is 6.80. The Kier molecular flexibility index (Phi) is 4.72. The van der Waals surface area contributed by atoms with E-state index >= 15 is 0 Å². The number of benzene rings is 2. The third-order valence-electron chi connectivity index (χ3n) is 3.39. The fraction of sp³-hybridized carbons (Fsp3) is 0.0588. The smallest absolute Gasteiger partial charge is 0.255 e. The van der Waals surface area contributed by atoms with Crippen molar-refractivity contribution in [3.8, 4) is 5.69 Å². The molecule has 26 heavy (non-hydrogen) atoms. The van der Waals surface area contributed by atoms with Crippen LogP contribution in [0.3, 0.4) is 0 Å². The standard InChI is InChI=1S/C17H15FN4O3S/c1-26(24,25)21-16-9-12(7-8-15(16)18)17(23)20-13-10-19-22(11-13)14-5-3-2-4-6-14/h2-11,21H,1H3,(H,20,23). The molecule has 7 nitrogen and oxygen atoms in total. The summed E-state index contributed by atoms with van der Waals surface area (Å²) in [7, 11) is -3.66. The van der Waals surface area contributed by atoms with Gasteiger partial charge in [-0.05, 0) is 30.3 Å². The van der Waals surface area contributed by atoms with Gasteiger partial charge in [-0.2, -0.15) is 5.10 Å². The van der Waals surface area contributed by atoms with Gasteiger partial charge in [-0.25, -0.2) is 17.5 Å². The maximum absolute atomic E-state index is 13.7. The highest BCUT2D eigenvalue weighted by molar-refractivity contribution is 7.92. The molecule has 0 atom stereocenters. The quantitative estimate of drug-likeness (QED) is 0.718. The number of amides is 1. The van der Waals surface area contributed by atoms with Gasteiger partial charge in [0.05, 0.1) is 35.7 Å². The molecule has 1 heterocycles. The molecular formula is C17H15FN4O3S. The minimum Gasteiger partial charge on any atom is -0.319 e. The van der Waals surface area contributed by atoms with E-state index in [0.717, 1.165) is 24.1 Å². The molecule has 0 radical (unpaired) electrons. The van der Waals surface area contributed by atoms with E-state index in [1.807, 2.05) is 35.1 Å². The first-order valence-electron chi connectivity index (χ1n) is 7.50. The van der Waals surface area contributed by atoms with Gasteiger partial charge in [0.15, 0.2) is 0 Å². The summed E-state index contributed by atoms with van der Waals surface area (Å²) in [6.45, 7) is 0. The Morgan fingerprint density at radius 3 is 2.58 bits per heavy atom. The largest absolute Gasteiger partial charge is 0.319 e. The van der Waals surface area contributed by atoms with Gasteiger partial charge in [-0.1, -0.05) is 18.2 Å². The first kappa shape index (κ1) is 17.6. The maximum Gasteiger partial charge on any atom is 0.255 e. The van der Waals surface area contributed by atoms with Gasteiger partial charge in [-0.15, -0.1) is 0 Å². The number of anilines is 2. The van der Waals surface area contributed by atoms with E-state index in [9.17, 15) is 17.6 Å². The van der Waals surface area contributed by atoms with Crippen LogP contribution < -0.4 is 10.0 Å². The van der Waals surface area contributed by atoms with E-state index in [1.165, 1.54) is 12.3 Å². The average Bonchev–Trinajstić information content (AvgIpc) is 3.05. The zero-order chi connectivity index (χ0) is 18.7. The van der Waals surface area contributed by atoms with Crippen LogP contribution in [0.2, 0.25) is 0 Å². The van der Waals surface area contributed by atoms with E-state index in [4.69, 9.17) is 0 Å². The van der Waals surface area contributed by atoms with Crippen LogP contribution >= 0.6 is 0 Å². The van der Waals surface area contributed by atoms with E-state index in [1.54, 1.807) is 10.9 Å². The Morgan fingerprint density at radius 2 is 1.88 bits per heavy atom. The Hall–Kier alpha value is -3.20. The van der Waals surface area contributed by atoms with Crippen molar-refractivity contribution in [2.75, 3.05) is 16.3 Å². The number of hydrogen-bond acceptors (Lipinski definition) is 4. The van der Waals surface area contributed by atoms with Crippen LogP contribution in [0.25, 0.3) is 5.69 Å². The van der Waals surface area contributed by atoms with Gasteiger partial charge in [0.2, 0.25) is 10.0 Å².